The minimum absolute atomic E-state index is 0.0120. The molecule has 116 valence electrons. The summed E-state index contributed by atoms with van der Waals surface area (Å²) in [5, 5.41) is 2.54. The van der Waals surface area contributed by atoms with Gasteiger partial charge in [0.25, 0.3) is 0 Å². The van der Waals surface area contributed by atoms with Crippen LogP contribution >= 0.6 is 0 Å². The van der Waals surface area contributed by atoms with Crippen molar-refractivity contribution >= 4 is 21.6 Å². The van der Waals surface area contributed by atoms with E-state index in [0.717, 1.165) is 0 Å². The third kappa shape index (κ3) is 4.09. The molecule has 2 rings (SSSR count). The second-order valence-corrected chi connectivity index (χ2v) is 6.23. The fourth-order valence-corrected chi connectivity index (χ4v) is 2.70. The molecule has 0 aliphatic heterocycles. The van der Waals surface area contributed by atoms with Crippen molar-refractivity contribution in [1.29, 1.82) is 0 Å². The third-order valence-electron chi connectivity index (χ3n) is 2.75. The summed E-state index contributed by atoms with van der Waals surface area (Å²) in [5.41, 5.74) is 0.503. The molecule has 1 amide bonds. The van der Waals surface area contributed by atoms with Gasteiger partial charge in [-0.05, 0) is 36.4 Å². The van der Waals surface area contributed by atoms with Gasteiger partial charge in [-0.2, -0.15) is 0 Å². The number of nitrogens with zero attached hydrogens (tertiary/aromatic N) is 1. The van der Waals surface area contributed by atoms with Gasteiger partial charge in [0.15, 0.2) is 0 Å². The van der Waals surface area contributed by atoms with Crippen LogP contribution in [-0.4, -0.2) is 19.3 Å². The molecule has 22 heavy (non-hydrogen) atoms. The van der Waals surface area contributed by atoms with Crippen molar-refractivity contribution in [3.8, 4) is 0 Å². The lowest BCUT2D eigenvalue weighted by molar-refractivity contribution is -0.114. The Balaban J connectivity index is 2.10. The molecule has 0 fully saturated rings. The summed E-state index contributed by atoms with van der Waals surface area (Å²) < 4.78 is 39.9. The van der Waals surface area contributed by atoms with Crippen molar-refractivity contribution < 1.29 is 17.6 Å². The number of carbonyl (C=O) groups is 1. The predicted octanol–water partition coefficient (Wildman–Crippen LogP) is 1.66. The highest BCUT2D eigenvalue weighted by Crippen LogP contribution is 2.14. The largest absolute Gasteiger partial charge is 0.326 e. The average molecular weight is 323 g/mol. The molecule has 0 unspecified atom stereocenters. The minimum Gasteiger partial charge on any atom is -0.326 e. The maximum Gasteiger partial charge on any atom is 0.240 e. The van der Waals surface area contributed by atoms with Gasteiger partial charge in [-0.25, -0.2) is 17.5 Å². The summed E-state index contributed by atoms with van der Waals surface area (Å²) in [5.74, 6) is -0.828. The summed E-state index contributed by atoms with van der Waals surface area (Å²) in [6.45, 7) is 1.11. The first-order valence-electron chi connectivity index (χ1n) is 6.35. The SMILES string of the molecule is CC(=O)Nc1ccc(S(=O)(=O)NCc2ncccc2F)cc1. The fourth-order valence-electron chi connectivity index (χ4n) is 1.72. The quantitative estimate of drug-likeness (QED) is 0.876. The van der Waals surface area contributed by atoms with Crippen molar-refractivity contribution in [2.24, 2.45) is 0 Å². The molecule has 0 aliphatic carbocycles. The van der Waals surface area contributed by atoms with Gasteiger partial charge in [0.1, 0.15) is 5.82 Å². The Kier molecular flexibility index (Phi) is 4.84. The number of benzene rings is 1. The molecule has 2 N–H and O–H groups in total. The molecule has 0 saturated heterocycles. The van der Waals surface area contributed by atoms with Crippen molar-refractivity contribution in [3.05, 3.63) is 54.1 Å². The first-order valence-corrected chi connectivity index (χ1v) is 7.83. The maximum absolute atomic E-state index is 13.4. The van der Waals surface area contributed by atoms with Crippen LogP contribution in [-0.2, 0) is 21.4 Å². The molecule has 8 heteroatoms. The minimum atomic E-state index is -3.79. The van der Waals surface area contributed by atoms with Gasteiger partial charge < -0.3 is 5.32 Å². The normalized spacial score (nSPS) is 11.2. The maximum atomic E-state index is 13.4. The molecule has 0 bridgehead atoms. The van der Waals surface area contributed by atoms with Crippen LogP contribution in [0.1, 0.15) is 12.6 Å². The lowest BCUT2D eigenvalue weighted by atomic mass is 10.3. The zero-order valence-electron chi connectivity index (χ0n) is 11.7. The molecule has 0 spiro atoms. The molecule has 6 nitrogen and oxygen atoms in total. The number of rotatable bonds is 5. The molecule has 1 heterocycles. The number of amides is 1. The molecule has 0 aliphatic rings. The van der Waals surface area contributed by atoms with E-state index in [1.807, 2.05) is 0 Å². The van der Waals surface area contributed by atoms with Crippen molar-refractivity contribution in [3.63, 3.8) is 0 Å². The van der Waals surface area contributed by atoms with E-state index in [0.29, 0.717) is 5.69 Å². The van der Waals surface area contributed by atoms with Gasteiger partial charge in [-0.3, -0.25) is 9.78 Å². The number of hydrogen-bond acceptors (Lipinski definition) is 4. The summed E-state index contributed by atoms with van der Waals surface area (Å²) in [6, 6.07) is 8.27. The number of sulfonamides is 1. The van der Waals surface area contributed by atoms with Crippen molar-refractivity contribution in [2.45, 2.75) is 18.4 Å². The van der Waals surface area contributed by atoms with Crippen LogP contribution in [0, 0.1) is 5.82 Å². The summed E-state index contributed by atoms with van der Waals surface area (Å²) in [7, 11) is -3.79. The van der Waals surface area contributed by atoms with E-state index in [2.05, 4.69) is 15.0 Å². The van der Waals surface area contributed by atoms with Gasteiger partial charge in [0.05, 0.1) is 17.1 Å². The number of hydrogen-bond donors (Lipinski definition) is 2. The van der Waals surface area contributed by atoms with Crippen molar-refractivity contribution in [1.82, 2.24) is 9.71 Å². The monoisotopic (exact) mass is 323 g/mol. The molecule has 1 aromatic carbocycles. The lowest BCUT2D eigenvalue weighted by Crippen LogP contribution is -2.24. The first kappa shape index (κ1) is 16.1. The molecular weight excluding hydrogens is 309 g/mol. The van der Waals surface area contributed by atoms with Crippen molar-refractivity contribution in [2.75, 3.05) is 5.32 Å². The van der Waals surface area contributed by atoms with Crippen LogP contribution < -0.4 is 10.0 Å². The zero-order chi connectivity index (χ0) is 16.2. The Bertz CT molecular complexity index is 776. The van der Waals surface area contributed by atoms with E-state index in [1.165, 1.54) is 49.5 Å². The Hall–Kier alpha value is -2.32. The lowest BCUT2D eigenvalue weighted by Gasteiger charge is -2.08. The Morgan fingerprint density at radius 2 is 1.91 bits per heavy atom. The predicted molar refractivity (Wildman–Crippen MR) is 79.0 cm³/mol. The molecule has 0 radical (unpaired) electrons. The van der Waals surface area contributed by atoms with Gasteiger partial charge in [0, 0.05) is 18.8 Å². The topological polar surface area (TPSA) is 88.2 Å². The molecule has 1 aromatic heterocycles. The highest BCUT2D eigenvalue weighted by Gasteiger charge is 2.15. The second-order valence-electron chi connectivity index (χ2n) is 4.46. The number of carbonyl (C=O) groups excluding carboxylic acids is 1. The standard InChI is InChI=1S/C14H14FN3O3S/c1-10(19)18-11-4-6-12(7-5-11)22(20,21)17-9-14-13(15)3-2-8-16-14/h2-8,17H,9H2,1H3,(H,18,19). The second kappa shape index (κ2) is 6.63. The van der Waals surface area contributed by atoms with Gasteiger partial charge in [-0.1, -0.05) is 0 Å². The number of aromatic nitrogens is 1. The molecule has 2 aromatic rings. The molecule has 0 atom stereocenters. The Morgan fingerprint density at radius 1 is 1.23 bits per heavy atom. The van der Waals surface area contributed by atoms with Crippen LogP contribution in [0.25, 0.3) is 0 Å². The Labute approximate surface area is 127 Å². The number of halogens is 1. The molecular formula is C14H14FN3O3S. The fraction of sp³-hybridized carbons (Fsp3) is 0.143. The number of nitrogens with one attached hydrogen (secondary N) is 2. The third-order valence-corrected chi connectivity index (χ3v) is 4.17. The average Bonchev–Trinajstić information content (AvgIpc) is 2.46. The summed E-state index contributed by atoms with van der Waals surface area (Å²) in [6.07, 6.45) is 1.38. The first-order chi connectivity index (χ1) is 10.4. The number of pyridine rings is 1. The van der Waals surface area contributed by atoms with E-state index >= 15 is 0 Å². The van der Waals surface area contributed by atoms with E-state index in [9.17, 15) is 17.6 Å². The van der Waals surface area contributed by atoms with Crippen LogP contribution in [0.5, 0.6) is 0 Å². The zero-order valence-corrected chi connectivity index (χ0v) is 12.5. The smallest absolute Gasteiger partial charge is 0.240 e. The highest BCUT2D eigenvalue weighted by atomic mass is 32.2. The van der Waals surface area contributed by atoms with E-state index in [-0.39, 0.29) is 23.0 Å². The number of anilines is 1. The summed E-state index contributed by atoms with van der Waals surface area (Å²) in [4.78, 5) is 14.7. The van der Waals surface area contributed by atoms with Crippen LogP contribution in [0.3, 0.4) is 0 Å². The van der Waals surface area contributed by atoms with Crippen LogP contribution in [0.2, 0.25) is 0 Å². The summed E-state index contributed by atoms with van der Waals surface area (Å²) >= 11 is 0. The van der Waals surface area contributed by atoms with Gasteiger partial charge in [0.2, 0.25) is 15.9 Å². The van der Waals surface area contributed by atoms with E-state index < -0.39 is 15.8 Å². The highest BCUT2D eigenvalue weighted by molar-refractivity contribution is 7.89. The van der Waals surface area contributed by atoms with E-state index in [4.69, 9.17) is 0 Å². The van der Waals surface area contributed by atoms with Gasteiger partial charge in [-0.15, -0.1) is 0 Å². The Morgan fingerprint density at radius 3 is 2.50 bits per heavy atom. The van der Waals surface area contributed by atoms with Crippen LogP contribution in [0.4, 0.5) is 10.1 Å². The van der Waals surface area contributed by atoms with Gasteiger partial charge >= 0.3 is 0 Å². The van der Waals surface area contributed by atoms with Crippen LogP contribution in [0.15, 0.2) is 47.5 Å². The van der Waals surface area contributed by atoms with E-state index in [1.54, 1.807) is 0 Å². The molecule has 0 saturated carbocycles.